The SMILES string of the molecule is CC(=O)c1ccc(Sc2ncnc3sc4c(c23)CCCC4)c([N+](=O)[O-])c1. The number of nitrogens with zero attached hydrogens (tertiary/aromatic N) is 3. The minimum Gasteiger partial charge on any atom is -0.295 e. The number of fused-ring (bicyclic) bond motifs is 3. The van der Waals surface area contributed by atoms with Crippen LogP contribution in [0.15, 0.2) is 34.4 Å². The van der Waals surface area contributed by atoms with Crippen molar-refractivity contribution in [2.75, 3.05) is 0 Å². The first kappa shape index (κ1) is 17.1. The number of nitro groups is 1. The van der Waals surface area contributed by atoms with Crippen molar-refractivity contribution in [3.8, 4) is 0 Å². The fraction of sp³-hybridized carbons (Fsp3) is 0.278. The smallest absolute Gasteiger partial charge is 0.284 e. The number of hydrogen-bond acceptors (Lipinski definition) is 7. The van der Waals surface area contributed by atoms with Gasteiger partial charge in [-0.15, -0.1) is 11.3 Å². The second-order valence-electron chi connectivity index (χ2n) is 6.17. The van der Waals surface area contributed by atoms with Crippen LogP contribution in [-0.2, 0) is 12.8 Å². The third-order valence-corrected chi connectivity index (χ3v) is 6.75. The van der Waals surface area contributed by atoms with Gasteiger partial charge in [0.1, 0.15) is 16.2 Å². The molecule has 0 bridgehead atoms. The second-order valence-corrected chi connectivity index (χ2v) is 8.28. The molecule has 1 aromatic carbocycles. The molecule has 3 aromatic rings. The Hall–Kier alpha value is -2.32. The van der Waals surface area contributed by atoms with Crippen LogP contribution in [0, 0.1) is 10.1 Å². The zero-order valence-corrected chi connectivity index (χ0v) is 15.7. The summed E-state index contributed by atoms with van der Waals surface area (Å²) in [4.78, 5) is 34.2. The summed E-state index contributed by atoms with van der Waals surface area (Å²) in [6.45, 7) is 1.40. The van der Waals surface area contributed by atoms with Gasteiger partial charge in [0.05, 0.1) is 9.82 Å². The fourth-order valence-electron chi connectivity index (χ4n) is 3.21. The average Bonchev–Trinajstić information content (AvgIpc) is 3.01. The molecule has 6 nitrogen and oxygen atoms in total. The zero-order chi connectivity index (χ0) is 18.3. The topological polar surface area (TPSA) is 86.0 Å². The Morgan fingerprint density at radius 1 is 1.27 bits per heavy atom. The Kier molecular flexibility index (Phi) is 4.46. The van der Waals surface area contributed by atoms with E-state index in [-0.39, 0.29) is 11.5 Å². The van der Waals surface area contributed by atoms with Gasteiger partial charge in [-0.3, -0.25) is 14.9 Å². The number of Topliss-reactive ketones (excluding diaryl/α,β-unsaturated/α-hetero) is 1. The van der Waals surface area contributed by atoms with Crippen molar-refractivity contribution in [2.45, 2.75) is 42.5 Å². The molecule has 1 aliphatic rings. The maximum absolute atomic E-state index is 11.5. The molecule has 0 amide bonds. The molecule has 0 spiro atoms. The van der Waals surface area contributed by atoms with Gasteiger partial charge in [-0.1, -0.05) is 11.8 Å². The number of aryl methyl sites for hydroxylation is 2. The Bertz CT molecular complexity index is 1050. The molecule has 0 aliphatic heterocycles. The van der Waals surface area contributed by atoms with E-state index in [2.05, 4.69) is 9.97 Å². The number of benzene rings is 1. The first-order valence-electron chi connectivity index (χ1n) is 8.27. The minimum atomic E-state index is -0.448. The van der Waals surface area contributed by atoms with Gasteiger partial charge >= 0.3 is 0 Å². The van der Waals surface area contributed by atoms with E-state index >= 15 is 0 Å². The number of carbonyl (C=O) groups excluding carboxylic acids is 1. The third kappa shape index (κ3) is 2.99. The summed E-state index contributed by atoms with van der Waals surface area (Å²) in [5, 5.41) is 13.3. The van der Waals surface area contributed by atoms with E-state index in [4.69, 9.17) is 0 Å². The van der Waals surface area contributed by atoms with Gasteiger partial charge in [0.2, 0.25) is 0 Å². The molecular formula is C18H15N3O3S2. The van der Waals surface area contributed by atoms with Gasteiger partial charge in [0.25, 0.3) is 5.69 Å². The highest BCUT2D eigenvalue weighted by atomic mass is 32.2. The van der Waals surface area contributed by atoms with Crippen LogP contribution in [0.25, 0.3) is 10.2 Å². The van der Waals surface area contributed by atoms with E-state index in [1.54, 1.807) is 23.5 Å². The van der Waals surface area contributed by atoms with Crippen LogP contribution in [-0.4, -0.2) is 20.7 Å². The lowest BCUT2D eigenvalue weighted by Gasteiger charge is -2.11. The number of nitro benzene ring substituents is 1. The van der Waals surface area contributed by atoms with Crippen molar-refractivity contribution in [1.82, 2.24) is 9.97 Å². The normalized spacial score (nSPS) is 13.6. The molecule has 1 aliphatic carbocycles. The predicted molar refractivity (Wildman–Crippen MR) is 101 cm³/mol. The lowest BCUT2D eigenvalue weighted by Crippen LogP contribution is -1.99. The van der Waals surface area contributed by atoms with Gasteiger partial charge in [0.15, 0.2) is 5.78 Å². The molecule has 0 radical (unpaired) electrons. The largest absolute Gasteiger partial charge is 0.295 e. The number of rotatable bonds is 4. The van der Waals surface area contributed by atoms with Crippen molar-refractivity contribution in [1.29, 1.82) is 0 Å². The third-order valence-electron chi connectivity index (χ3n) is 4.49. The molecule has 0 unspecified atom stereocenters. The van der Waals surface area contributed by atoms with Crippen molar-refractivity contribution in [2.24, 2.45) is 0 Å². The van der Waals surface area contributed by atoms with Gasteiger partial charge in [0, 0.05) is 21.9 Å². The molecule has 0 N–H and O–H groups in total. The number of aromatic nitrogens is 2. The summed E-state index contributed by atoms with van der Waals surface area (Å²) in [5.74, 6) is -0.194. The first-order valence-corrected chi connectivity index (χ1v) is 9.90. The number of carbonyl (C=O) groups is 1. The first-order chi connectivity index (χ1) is 12.5. The molecule has 2 aromatic heterocycles. The van der Waals surface area contributed by atoms with Crippen molar-refractivity contribution >= 4 is 44.8 Å². The van der Waals surface area contributed by atoms with Crippen molar-refractivity contribution in [3.05, 3.63) is 50.6 Å². The Balaban J connectivity index is 1.82. The Labute approximate surface area is 157 Å². The van der Waals surface area contributed by atoms with Crippen LogP contribution < -0.4 is 0 Å². The lowest BCUT2D eigenvalue weighted by molar-refractivity contribution is -0.387. The highest BCUT2D eigenvalue weighted by molar-refractivity contribution is 7.99. The summed E-state index contributed by atoms with van der Waals surface area (Å²) >= 11 is 2.97. The number of thiophene rings is 1. The molecule has 0 fully saturated rings. The lowest BCUT2D eigenvalue weighted by atomic mass is 9.97. The molecule has 4 rings (SSSR count). The van der Waals surface area contributed by atoms with E-state index in [1.807, 2.05) is 0 Å². The van der Waals surface area contributed by atoms with Crippen LogP contribution in [0.1, 0.15) is 40.6 Å². The van der Waals surface area contributed by atoms with Crippen LogP contribution in [0.4, 0.5) is 5.69 Å². The molecule has 2 heterocycles. The van der Waals surface area contributed by atoms with E-state index in [0.29, 0.717) is 10.5 Å². The highest BCUT2D eigenvalue weighted by Crippen LogP contribution is 2.43. The van der Waals surface area contributed by atoms with Crippen molar-refractivity contribution in [3.63, 3.8) is 0 Å². The van der Waals surface area contributed by atoms with Crippen molar-refractivity contribution < 1.29 is 9.72 Å². The van der Waals surface area contributed by atoms with E-state index in [0.717, 1.165) is 34.5 Å². The van der Waals surface area contributed by atoms with Gasteiger partial charge < -0.3 is 0 Å². The summed E-state index contributed by atoms with van der Waals surface area (Å²) in [5.41, 5.74) is 1.56. The molecule has 8 heteroatoms. The molecule has 26 heavy (non-hydrogen) atoms. The quantitative estimate of drug-likeness (QED) is 0.277. The summed E-state index contributed by atoms with van der Waals surface area (Å²) in [6.07, 6.45) is 5.91. The summed E-state index contributed by atoms with van der Waals surface area (Å²) < 4.78 is 0. The molecular weight excluding hydrogens is 370 g/mol. The van der Waals surface area contributed by atoms with Gasteiger partial charge in [-0.2, -0.15) is 0 Å². The minimum absolute atomic E-state index is 0.0708. The van der Waals surface area contributed by atoms with E-state index in [1.165, 1.54) is 47.9 Å². The number of hydrogen-bond donors (Lipinski definition) is 0. The van der Waals surface area contributed by atoms with Crippen LogP contribution in [0.3, 0.4) is 0 Å². The van der Waals surface area contributed by atoms with Gasteiger partial charge in [-0.05, 0) is 50.3 Å². The average molecular weight is 385 g/mol. The van der Waals surface area contributed by atoms with Crippen LogP contribution in [0.2, 0.25) is 0 Å². The maximum Gasteiger partial charge on any atom is 0.284 e. The Morgan fingerprint density at radius 3 is 2.85 bits per heavy atom. The van der Waals surface area contributed by atoms with Crippen LogP contribution >= 0.6 is 23.1 Å². The van der Waals surface area contributed by atoms with Crippen LogP contribution in [0.5, 0.6) is 0 Å². The monoisotopic (exact) mass is 385 g/mol. The molecule has 0 atom stereocenters. The van der Waals surface area contributed by atoms with E-state index in [9.17, 15) is 14.9 Å². The van der Waals surface area contributed by atoms with E-state index < -0.39 is 4.92 Å². The molecule has 0 saturated carbocycles. The Morgan fingerprint density at radius 2 is 2.08 bits per heavy atom. The number of ketones is 1. The molecule has 0 saturated heterocycles. The standard InChI is InChI=1S/C18H15N3O3S2/c1-10(22)11-6-7-15(13(8-11)21(23)24)26-18-16-12-4-2-3-5-14(12)25-17(16)19-9-20-18/h6-9H,2-5H2,1H3. The zero-order valence-electron chi connectivity index (χ0n) is 14.0. The highest BCUT2D eigenvalue weighted by Gasteiger charge is 2.23. The summed E-state index contributed by atoms with van der Waals surface area (Å²) in [7, 11) is 0. The fourth-order valence-corrected chi connectivity index (χ4v) is 5.51. The molecule has 132 valence electrons. The maximum atomic E-state index is 11.5. The second kappa shape index (κ2) is 6.77. The van der Waals surface area contributed by atoms with Gasteiger partial charge in [-0.25, -0.2) is 9.97 Å². The summed E-state index contributed by atoms with van der Waals surface area (Å²) in [6, 6.07) is 4.59. The predicted octanol–water partition coefficient (Wildman–Crippen LogP) is 4.83.